The average Bonchev–Trinajstić information content (AvgIpc) is 2.28. The number of hydrogen-bond acceptors (Lipinski definition) is 3. The van der Waals surface area contributed by atoms with Gasteiger partial charge in [-0.25, -0.2) is 0 Å². The highest BCUT2D eigenvalue weighted by Gasteiger charge is 2.51. The fourth-order valence-electron chi connectivity index (χ4n) is 2.36. The second-order valence-corrected chi connectivity index (χ2v) is 5.39. The van der Waals surface area contributed by atoms with Crippen LogP contribution in [0, 0.1) is 5.41 Å². The first kappa shape index (κ1) is 12.4. The Morgan fingerprint density at radius 2 is 1.88 bits per heavy atom. The van der Waals surface area contributed by atoms with Crippen molar-refractivity contribution < 1.29 is 9.47 Å². The van der Waals surface area contributed by atoms with Crippen LogP contribution in [-0.4, -0.2) is 26.9 Å². The maximum absolute atomic E-state index is 5.92. The average molecular weight is 235 g/mol. The van der Waals surface area contributed by atoms with Crippen LogP contribution in [0.15, 0.2) is 24.3 Å². The van der Waals surface area contributed by atoms with Gasteiger partial charge in [0.05, 0.1) is 20.3 Å². The Morgan fingerprint density at radius 1 is 1.29 bits per heavy atom. The van der Waals surface area contributed by atoms with E-state index in [1.165, 1.54) is 5.56 Å². The molecule has 0 amide bonds. The van der Waals surface area contributed by atoms with Crippen molar-refractivity contribution in [3.05, 3.63) is 29.8 Å². The Morgan fingerprint density at radius 3 is 2.24 bits per heavy atom. The smallest absolute Gasteiger partial charge is 0.118 e. The lowest BCUT2D eigenvalue weighted by Gasteiger charge is -2.52. The molecule has 1 heterocycles. The molecule has 0 radical (unpaired) electrons. The van der Waals surface area contributed by atoms with Gasteiger partial charge in [-0.2, -0.15) is 0 Å². The Bertz CT molecular complexity index is 380. The minimum absolute atomic E-state index is 0.0415. The first-order valence-corrected chi connectivity index (χ1v) is 5.98. The number of benzene rings is 1. The Kier molecular flexibility index (Phi) is 3.15. The summed E-state index contributed by atoms with van der Waals surface area (Å²) < 4.78 is 10.6. The number of nitrogens with two attached hydrogens (primary N) is 1. The second-order valence-electron chi connectivity index (χ2n) is 5.39. The van der Waals surface area contributed by atoms with E-state index in [9.17, 15) is 0 Å². The fourth-order valence-corrected chi connectivity index (χ4v) is 2.36. The van der Waals surface area contributed by atoms with Crippen molar-refractivity contribution in [3.8, 4) is 5.75 Å². The zero-order valence-electron chi connectivity index (χ0n) is 10.8. The van der Waals surface area contributed by atoms with Crippen molar-refractivity contribution in [2.75, 3.05) is 26.9 Å². The van der Waals surface area contributed by atoms with E-state index in [-0.39, 0.29) is 10.8 Å². The molecule has 2 N–H and O–H groups in total. The second kappa shape index (κ2) is 4.31. The Balaban J connectivity index is 2.34. The van der Waals surface area contributed by atoms with Crippen molar-refractivity contribution in [2.24, 2.45) is 11.1 Å². The molecule has 3 heteroatoms. The molecular formula is C14H21NO2. The molecule has 0 atom stereocenters. The summed E-state index contributed by atoms with van der Waals surface area (Å²) in [6, 6.07) is 8.25. The minimum Gasteiger partial charge on any atom is -0.497 e. The summed E-state index contributed by atoms with van der Waals surface area (Å²) in [6.07, 6.45) is 0. The van der Waals surface area contributed by atoms with Gasteiger partial charge < -0.3 is 15.2 Å². The highest BCUT2D eigenvalue weighted by atomic mass is 16.5. The first-order valence-electron chi connectivity index (χ1n) is 5.98. The molecule has 0 saturated carbocycles. The molecule has 1 aliphatic heterocycles. The van der Waals surface area contributed by atoms with Crippen LogP contribution in [0.25, 0.3) is 0 Å². The van der Waals surface area contributed by atoms with Crippen LogP contribution < -0.4 is 10.5 Å². The molecule has 94 valence electrons. The third-order valence-electron chi connectivity index (χ3n) is 4.15. The summed E-state index contributed by atoms with van der Waals surface area (Å²) >= 11 is 0. The molecule has 1 saturated heterocycles. The first-order chi connectivity index (χ1) is 8.05. The third-order valence-corrected chi connectivity index (χ3v) is 4.15. The molecule has 1 aliphatic rings. The molecule has 0 spiro atoms. The van der Waals surface area contributed by atoms with Crippen molar-refractivity contribution in [1.82, 2.24) is 0 Å². The summed E-state index contributed by atoms with van der Waals surface area (Å²) in [7, 11) is 1.68. The van der Waals surface area contributed by atoms with Gasteiger partial charge in [-0.3, -0.25) is 0 Å². The lowest BCUT2D eigenvalue weighted by Crippen LogP contribution is -2.59. The quantitative estimate of drug-likeness (QED) is 0.867. The van der Waals surface area contributed by atoms with Crippen LogP contribution in [0.4, 0.5) is 0 Å². The topological polar surface area (TPSA) is 44.5 Å². The van der Waals surface area contributed by atoms with E-state index in [4.69, 9.17) is 15.2 Å². The van der Waals surface area contributed by atoms with Gasteiger partial charge in [0.25, 0.3) is 0 Å². The summed E-state index contributed by atoms with van der Waals surface area (Å²) in [6.45, 7) is 6.58. The molecular weight excluding hydrogens is 214 g/mol. The van der Waals surface area contributed by atoms with Crippen molar-refractivity contribution in [2.45, 2.75) is 19.3 Å². The lowest BCUT2D eigenvalue weighted by molar-refractivity contribution is -0.116. The largest absolute Gasteiger partial charge is 0.497 e. The maximum Gasteiger partial charge on any atom is 0.118 e. The van der Waals surface area contributed by atoms with Crippen LogP contribution in [0.1, 0.15) is 19.4 Å². The predicted octanol–water partition coefficient (Wildman–Crippen LogP) is 1.95. The summed E-state index contributed by atoms with van der Waals surface area (Å²) in [5.74, 6) is 0.884. The Labute approximate surface area is 103 Å². The summed E-state index contributed by atoms with van der Waals surface area (Å²) in [5, 5.41) is 0. The maximum atomic E-state index is 5.92. The summed E-state index contributed by atoms with van der Waals surface area (Å²) in [5.41, 5.74) is 7.30. The van der Waals surface area contributed by atoms with E-state index in [0.29, 0.717) is 6.54 Å². The van der Waals surface area contributed by atoms with Gasteiger partial charge in [0, 0.05) is 5.41 Å². The molecule has 2 rings (SSSR count). The SMILES string of the molecule is COc1ccc(C2(C(C)(C)CN)COC2)cc1. The number of hydrogen-bond donors (Lipinski definition) is 1. The molecule has 1 aromatic carbocycles. The monoisotopic (exact) mass is 235 g/mol. The van der Waals surface area contributed by atoms with E-state index in [2.05, 4.69) is 26.0 Å². The fraction of sp³-hybridized carbons (Fsp3) is 0.571. The molecule has 0 unspecified atom stereocenters. The summed E-state index contributed by atoms with van der Waals surface area (Å²) in [4.78, 5) is 0. The predicted molar refractivity (Wildman–Crippen MR) is 68.3 cm³/mol. The van der Waals surface area contributed by atoms with Gasteiger partial charge in [-0.15, -0.1) is 0 Å². The van der Waals surface area contributed by atoms with Crippen LogP contribution in [0.5, 0.6) is 5.75 Å². The van der Waals surface area contributed by atoms with Crippen molar-refractivity contribution in [1.29, 1.82) is 0 Å². The highest BCUT2D eigenvalue weighted by molar-refractivity contribution is 5.36. The third kappa shape index (κ3) is 1.83. The molecule has 1 aromatic rings. The van der Waals surface area contributed by atoms with Crippen molar-refractivity contribution in [3.63, 3.8) is 0 Å². The van der Waals surface area contributed by atoms with E-state index in [0.717, 1.165) is 19.0 Å². The van der Waals surface area contributed by atoms with E-state index < -0.39 is 0 Å². The molecule has 3 nitrogen and oxygen atoms in total. The van der Waals surface area contributed by atoms with Gasteiger partial charge in [-0.05, 0) is 29.7 Å². The van der Waals surface area contributed by atoms with Gasteiger partial charge in [0.2, 0.25) is 0 Å². The molecule has 1 fully saturated rings. The van der Waals surface area contributed by atoms with E-state index in [1.54, 1.807) is 7.11 Å². The van der Waals surface area contributed by atoms with Crippen LogP contribution in [0.2, 0.25) is 0 Å². The number of methoxy groups -OCH3 is 1. The standard InChI is InChI=1S/C14H21NO2/c1-13(2,8-15)14(9-17-10-14)11-4-6-12(16-3)7-5-11/h4-7H,8-10,15H2,1-3H3. The zero-order chi connectivity index (χ0) is 12.5. The van der Waals surface area contributed by atoms with Crippen molar-refractivity contribution >= 4 is 0 Å². The van der Waals surface area contributed by atoms with Crippen LogP contribution in [0.3, 0.4) is 0 Å². The van der Waals surface area contributed by atoms with Gasteiger partial charge >= 0.3 is 0 Å². The van der Waals surface area contributed by atoms with Gasteiger partial charge in [-0.1, -0.05) is 26.0 Å². The molecule has 0 aliphatic carbocycles. The molecule has 0 aromatic heterocycles. The van der Waals surface area contributed by atoms with Gasteiger partial charge in [0.15, 0.2) is 0 Å². The van der Waals surface area contributed by atoms with E-state index in [1.807, 2.05) is 12.1 Å². The van der Waals surface area contributed by atoms with E-state index >= 15 is 0 Å². The Hall–Kier alpha value is -1.06. The van der Waals surface area contributed by atoms with Crippen LogP contribution in [-0.2, 0) is 10.2 Å². The normalized spacial score (nSPS) is 18.6. The number of ether oxygens (including phenoxy) is 2. The van der Waals surface area contributed by atoms with Crippen LogP contribution >= 0.6 is 0 Å². The molecule has 17 heavy (non-hydrogen) atoms. The highest BCUT2D eigenvalue weighted by Crippen LogP contribution is 2.46. The minimum atomic E-state index is 0.0415. The lowest BCUT2D eigenvalue weighted by atomic mass is 9.60. The molecule has 0 bridgehead atoms. The van der Waals surface area contributed by atoms with Gasteiger partial charge in [0.1, 0.15) is 5.75 Å². The number of rotatable bonds is 4. The zero-order valence-corrected chi connectivity index (χ0v) is 10.8.